The Labute approximate surface area is 148 Å². The first-order valence-corrected chi connectivity index (χ1v) is 8.59. The molecule has 1 aromatic carbocycles. The number of hydrogen-bond acceptors (Lipinski definition) is 5. The van der Waals surface area contributed by atoms with Crippen LogP contribution in [-0.2, 0) is 4.74 Å². The van der Waals surface area contributed by atoms with Crippen molar-refractivity contribution in [1.82, 2.24) is 9.97 Å². The van der Waals surface area contributed by atoms with E-state index in [9.17, 15) is 4.79 Å². The number of anilines is 2. The Morgan fingerprint density at radius 2 is 1.88 bits per heavy atom. The Balaban J connectivity index is 1.62. The molecule has 0 bridgehead atoms. The highest BCUT2D eigenvalue weighted by molar-refractivity contribution is 6.04. The maximum Gasteiger partial charge on any atom is 0.258 e. The highest BCUT2D eigenvalue weighted by Gasteiger charge is 2.16. The van der Waals surface area contributed by atoms with E-state index >= 15 is 0 Å². The number of nitrogens with one attached hydrogen (secondary N) is 2. The van der Waals surface area contributed by atoms with Crippen molar-refractivity contribution in [3.05, 3.63) is 46.8 Å². The van der Waals surface area contributed by atoms with Crippen LogP contribution in [0.4, 0.5) is 11.6 Å². The van der Waals surface area contributed by atoms with Crippen LogP contribution in [0.25, 0.3) is 0 Å². The van der Waals surface area contributed by atoms with Crippen LogP contribution >= 0.6 is 0 Å². The van der Waals surface area contributed by atoms with E-state index in [2.05, 4.69) is 32.7 Å². The summed E-state index contributed by atoms with van der Waals surface area (Å²) in [6, 6.07) is 4.11. The van der Waals surface area contributed by atoms with Gasteiger partial charge in [0.05, 0.1) is 11.7 Å². The number of rotatable bonds is 5. The molecule has 25 heavy (non-hydrogen) atoms. The summed E-state index contributed by atoms with van der Waals surface area (Å²) in [6.07, 6.45) is 5.46. The van der Waals surface area contributed by atoms with Gasteiger partial charge >= 0.3 is 0 Å². The minimum Gasteiger partial charge on any atom is -0.376 e. The van der Waals surface area contributed by atoms with E-state index in [0.717, 1.165) is 36.3 Å². The Morgan fingerprint density at radius 3 is 2.48 bits per heavy atom. The van der Waals surface area contributed by atoms with Crippen molar-refractivity contribution in [2.75, 3.05) is 23.8 Å². The van der Waals surface area contributed by atoms with Gasteiger partial charge in [0.15, 0.2) is 0 Å². The van der Waals surface area contributed by atoms with E-state index in [1.807, 2.05) is 20.8 Å². The van der Waals surface area contributed by atoms with Crippen molar-refractivity contribution >= 4 is 17.5 Å². The van der Waals surface area contributed by atoms with Crippen LogP contribution in [0.15, 0.2) is 24.5 Å². The molecule has 2 aromatic rings. The van der Waals surface area contributed by atoms with Crippen LogP contribution in [0.3, 0.4) is 0 Å². The minimum absolute atomic E-state index is 0.208. The van der Waals surface area contributed by atoms with Gasteiger partial charge in [-0.25, -0.2) is 9.97 Å². The SMILES string of the molecule is Cc1cc(C)c(NC(=O)c2cnc(NCC3CCCO3)nc2)c(C)c1. The second kappa shape index (κ2) is 7.61. The summed E-state index contributed by atoms with van der Waals surface area (Å²) in [5.74, 6) is 0.301. The van der Waals surface area contributed by atoms with E-state index in [-0.39, 0.29) is 12.0 Å². The largest absolute Gasteiger partial charge is 0.376 e. The maximum atomic E-state index is 12.5. The predicted molar refractivity (Wildman–Crippen MR) is 98.1 cm³/mol. The summed E-state index contributed by atoms with van der Waals surface area (Å²) in [4.78, 5) is 20.9. The molecule has 132 valence electrons. The molecule has 6 heteroatoms. The smallest absolute Gasteiger partial charge is 0.258 e. The van der Waals surface area contributed by atoms with Crippen molar-refractivity contribution in [2.45, 2.75) is 39.7 Å². The van der Waals surface area contributed by atoms with Crippen LogP contribution in [0.1, 0.15) is 39.9 Å². The van der Waals surface area contributed by atoms with Gasteiger partial charge in [0, 0.05) is 31.2 Å². The Morgan fingerprint density at radius 1 is 1.20 bits per heavy atom. The zero-order chi connectivity index (χ0) is 17.8. The fraction of sp³-hybridized carbons (Fsp3) is 0.421. The van der Waals surface area contributed by atoms with Gasteiger partial charge in [-0.1, -0.05) is 17.7 Å². The topological polar surface area (TPSA) is 76.1 Å². The van der Waals surface area contributed by atoms with Crippen LogP contribution < -0.4 is 10.6 Å². The third kappa shape index (κ3) is 4.33. The molecule has 2 N–H and O–H groups in total. The second-order valence-electron chi connectivity index (χ2n) is 6.54. The Bertz CT molecular complexity index is 730. The average molecular weight is 340 g/mol. The van der Waals surface area contributed by atoms with E-state index in [1.54, 1.807) is 12.4 Å². The number of nitrogens with zero attached hydrogens (tertiary/aromatic N) is 2. The third-order valence-electron chi connectivity index (χ3n) is 4.34. The first-order chi connectivity index (χ1) is 12.0. The number of ether oxygens (including phenoxy) is 1. The lowest BCUT2D eigenvalue weighted by atomic mass is 10.0. The zero-order valence-corrected chi connectivity index (χ0v) is 14.9. The standard InChI is InChI=1S/C19H24N4O2/c1-12-7-13(2)17(14(3)8-12)23-18(24)15-9-20-19(21-10-15)22-11-16-5-4-6-25-16/h7-10,16H,4-6,11H2,1-3H3,(H,23,24)(H,20,21,22). The molecular formula is C19H24N4O2. The van der Waals surface area contributed by atoms with Crippen LogP contribution in [0.2, 0.25) is 0 Å². The molecule has 1 unspecified atom stereocenters. The lowest BCUT2D eigenvalue weighted by Gasteiger charge is -2.13. The summed E-state index contributed by atoms with van der Waals surface area (Å²) in [7, 11) is 0. The minimum atomic E-state index is -0.208. The third-order valence-corrected chi connectivity index (χ3v) is 4.34. The molecular weight excluding hydrogens is 316 g/mol. The lowest BCUT2D eigenvalue weighted by Crippen LogP contribution is -2.20. The highest BCUT2D eigenvalue weighted by Crippen LogP contribution is 2.22. The molecule has 0 spiro atoms. The normalized spacial score (nSPS) is 16.7. The summed E-state index contributed by atoms with van der Waals surface area (Å²) < 4.78 is 5.55. The molecule has 1 fully saturated rings. The van der Waals surface area contributed by atoms with Crippen LogP contribution in [0, 0.1) is 20.8 Å². The van der Waals surface area contributed by atoms with Gasteiger partial charge in [0.2, 0.25) is 5.95 Å². The number of carbonyl (C=O) groups excluding carboxylic acids is 1. The number of aromatic nitrogens is 2. The summed E-state index contributed by atoms with van der Waals surface area (Å²) >= 11 is 0. The van der Waals surface area contributed by atoms with Gasteiger partial charge in [0.1, 0.15) is 0 Å². The fourth-order valence-electron chi connectivity index (χ4n) is 3.11. The summed E-state index contributed by atoms with van der Waals surface area (Å²) in [5, 5.41) is 6.11. The molecule has 1 saturated heterocycles. The monoisotopic (exact) mass is 340 g/mol. The fourth-order valence-corrected chi connectivity index (χ4v) is 3.11. The zero-order valence-electron chi connectivity index (χ0n) is 14.9. The number of hydrogen-bond donors (Lipinski definition) is 2. The van der Waals surface area contributed by atoms with Crippen LogP contribution in [-0.4, -0.2) is 35.1 Å². The van der Waals surface area contributed by atoms with Crippen molar-refractivity contribution < 1.29 is 9.53 Å². The Hall–Kier alpha value is -2.47. The lowest BCUT2D eigenvalue weighted by molar-refractivity contribution is 0.102. The highest BCUT2D eigenvalue weighted by atomic mass is 16.5. The summed E-state index contributed by atoms with van der Waals surface area (Å²) in [6.45, 7) is 7.54. The number of amides is 1. The first-order valence-electron chi connectivity index (χ1n) is 8.59. The molecule has 1 aliphatic rings. The van der Waals surface area contributed by atoms with Gasteiger partial charge in [-0.3, -0.25) is 4.79 Å². The molecule has 1 aromatic heterocycles. The van der Waals surface area contributed by atoms with Gasteiger partial charge in [0.25, 0.3) is 5.91 Å². The van der Waals surface area contributed by atoms with Gasteiger partial charge in [-0.15, -0.1) is 0 Å². The number of carbonyl (C=O) groups is 1. The van der Waals surface area contributed by atoms with Gasteiger partial charge in [-0.2, -0.15) is 0 Å². The molecule has 0 radical (unpaired) electrons. The second-order valence-corrected chi connectivity index (χ2v) is 6.54. The number of benzene rings is 1. The van der Waals surface area contributed by atoms with Gasteiger partial charge < -0.3 is 15.4 Å². The molecule has 1 aliphatic heterocycles. The van der Waals surface area contributed by atoms with E-state index in [4.69, 9.17) is 4.74 Å². The van der Waals surface area contributed by atoms with Crippen molar-refractivity contribution in [2.24, 2.45) is 0 Å². The molecule has 2 heterocycles. The first kappa shape index (κ1) is 17.4. The van der Waals surface area contributed by atoms with Crippen molar-refractivity contribution in [3.63, 3.8) is 0 Å². The van der Waals surface area contributed by atoms with E-state index in [0.29, 0.717) is 18.1 Å². The number of aryl methyl sites for hydroxylation is 3. The van der Waals surface area contributed by atoms with Gasteiger partial charge in [-0.05, 0) is 44.7 Å². The maximum absolute atomic E-state index is 12.5. The molecule has 0 saturated carbocycles. The van der Waals surface area contributed by atoms with E-state index in [1.165, 1.54) is 5.56 Å². The molecule has 1 amide bonds. The van der Waals surface area contributed by atoms with E-state index < -0.39 is 0 Å². The molecule has 1 atom stereocenters. The average Bonchev–Trinajstić information content (AvgIpc) is 3.10. The summed E-state index contributed by atoms with van der Waals surface area (Å²) in [5.41, 5.74) is 4.54. The quantitative estimate of drug-likeness (QED) is 0.874. The molecule has 0 aliphatic carbocycles. The Kier molecular flexibility index (Phi) is 5.28. The molecule has 3 rings (SSSR count). The van der Waals surface area contributed by atoms with Crippen molar-refractivity contribution in [3.8, 4) is 0 Å². The van der Waals surface area contributed by atoms with Crippen LogP contribution in [0.5, 0.6) is 0 Å². The predicted octanol–water partition coefficient (Wildman–Crippen LogP) is 3.25. The molecule has 6 nitrogen and oxygen atoms in total. The van der Waals surface area contributed by atoms with Crippen molar-refractivity contribution in [1.29, 1.82) is 0 Å².